The number of benzene rings is 2. The Morgan fingerprint density at radius 3 is 2.23 bits per heavy atom. The third kappa shape index (κ3) is 3.79. The van der Waals surface area contributed by atoms with Gasteiger partial charge in [0.15, 0.2) is 0 Å². The first-order chi connectivity index (χ1) is 10.5. The lowest BCUT2D eigenvalue weighted by Gasteiger charge is -2.37. The third-order valence-corrected chi connectivity index (χ3v) is 4.07. The van der Waals surface area contributed by atoms with E-state index in [2.05, 4.69) is 50.8 Å². The van der Waals surface area contributed by atoms with E-state index in [9.17, 15) is 0 Å². The van der Waals surface area contributed by atoms with Crippen molar-refractivity contribution in [2.45, 2.75) is 45.8 Å². The van der Waals surface area contributed by atoms with Crippen LogP contribution in [-0.2, 0) is 0 Å². The molecule has 2 aromatic carbocycles. The van der Waals surface area contributed by atoms with Crippen LogP contribution < -0.4 is 10.5 Å². The second-order valence-electron chi connectivity index (χ2n) is 6.31. The summed E-state index contributed by atoms with van der Waals surface area (Å²) < 4.78 is 6.13. The lowest BCUT2D eigenvalue weighted by atomic mass is 10.1. The smallest absolute Gasteiger partial charge is 0.127 e. The zero-order chi connectivity index (χ0) is 16.1. The lowest BCUT2D eigenvalue weighted by Crippen LogP contribution is -2.51. The summed E-state index contributed by atoms with van der Waals surface area (Å²) in [6.45, 7) is 10.0. The standard InChI is InChI=1S/C19H28N2O/c1-14(2)21(15(3)4)17(12-20)13-22-19-11-7-9-16-8-5-6-10-18(16)19/h5-11,14-15,17H,12-13,20H2,1-4H3. The van der Waals surface area contributed by atoms with E-state index in [1.165, 1.54) is 5.39 Å². The largest absolute Gasteiger partial charge is 0.491 e. The second-order valence-corrected chi connectivity index (χ2v) is 6.31. The summed E-state index contributed by atoms with van der Waals surface area (Å²) in [6, 6.07) is 15.6. The highest BCUT2D eigenvalue weighted by atomic mass is 16.5. The highest BCUT2D eigenvalue weighted by molar-refractivity contribution is 5.88. The molecular weight excluding hydrogens is 272 g/mol. The molecule has 0 heterocycles. The fourth-order valence-corrected chi connectivity index (χ4v) is 3.22. The molecule has 0 aromatic heterocycles. The molecule has 2 N–H and O–H groups in total. The molecule has 2 aromatic rings. The average Bonchev–Trinajstić information content (AvgIpc) is 2.50. The van der Waals surface area contributed by atoms with Crippen molar-refractivity contribution >= 4 is 10.8 Å². The number of ether oxygens (including phenoxy) is 1. The Morgan fingerprint density at radius 2 is 1.59 bits per heavy atom. The number of fused-ring (bicyclic) bond motifs is 1. The molecular formula is C19H28N2O. The maximum atomic E-state index is 6.13. The first kappa shape index (κ1) is 16.8. The summed E-state index contributed by atoms with van der Waals surface area (Å²) in [5, 5.41) is 2.36. The Balaban J connectivity index is 2.15. The van der Waals surface area contributed by atoms with Gasteiger partial charge in [-0.2, -0.15) is 0 Å². The van der Waals surface area contributed by atoms with E-state index in [1.54, 1.807) is 0 Å². The van der Waals surface area contributed by atoms with Gasteiger partial charge in [-0.1, -0.05) is 36.4 Å². The van der Waals surface area contributed by atoms with Crippen molar-refractivity contribution < 1.29 is 4.74 Å². The first-order valence-corrected chi connectivity index (χ1v) is 8.12. The van der Waals surface area contributed by atoms with E-state index in [-0.39, 0.29) is 6.04 Å². The molecule has 1 atom stereocenters. The Labute approximate surface area is 134 Å². The van der Waals surface area contributed by atoms with Crippen LogP contribution in [-0.4, -0.2) is 36.2 Å². The van der Waals surface area contributed by atoms with Crippen LogP contribution in [0.1, 0.15) is 27.7 Å². The Kier molecular flexibility index (Phi) is 5.81. The second kappa shape index (κ2) is 7.61. The maximum absolute atomic E-state index is 6.13. The quantitative estimate of drug-likeness (QED) is 0.848. The van der Waals surface area contributed by atoms with E-state index >= 15 is 0 Å². The predicted molar refractivity (Wildman–Crippen MR) is 94.4 cm³/mol. The van der Waals surface area contributed by atoms with Gasteiger partial charge in [0, 0.05) is 24.0 Å². The Bertz CT molecular complexity index is 582. The molecule has 0 aliphatic rings. The molecule has 0 radical (unpaired) electrons. The zero-order valence-electron chi connectivity index (χ0n) is 14.1. The fraction of sp³-hybridized carbons (Fsp3) is 0.474. The number of nitrogens with zero attached hydrogens (tertiary/aromatic N) is 1. The molecule has 0 spiro atoms. The number of hydrogen-bond acceptors (Lipinski definition) is 3. The summed E-state index contributed by atoms with van der Waals surface area (Å²) in [6.07, 6.45) is 0. The van der Waals surface area contributed by atoms with Gasteiger partial charge < -0.3 is 10.5 Å². The van der Waals surface area contributed by atoms with Crippen molar-refractivity contribution in [3.63, 3.8) is 0 Å². The van der Waals surface area contributed by atoms with Gasteiger partial charge in [0.2, 0.25) is 0 Å². The van der Waals surface area contributed by atoms with Crippen molar-refractivity contribution in [2.24, 2.45) is 5.73 Å². The van der Waals surface area contributed by atoms with E-state index in [1.807, 2.05) is 24.3 Å². The molecule has 0 amide bonds. The SMILES string of the molecule is CC(C)N(C(C)C)C(CN)COc1cccc2ccccc12. The molecule has 3 nitrogen and oxygen atoms in total. The minimum atomic E-state index is 0.221. The van der Waals surface area contributed by atoms with E-state index in [0.717, 1.165) is 11.1 Å². The van der Waals surface area contributed by atoms with E-state index in [0.29, 0.717) is 25.2 Å². The van der Waals surface area contributed by atoms with Crippen LogP contribution >= 0.6 is 0 Å². The van der Waals surface area contributed by atoms with Crippen LogP contribution in [0.2, 0.25) is 0 Å². The maximum Gasteiger partial charge on any atom is 0.127 e. The summed E-state index contributed by atoms with van der Waals surface area (Å²) in [4.78, 5) is 2.42. The van der Waals surface area contributed by atoms with Crippen LogP contribution in [0.25, 0.3) is 10.8 Å². The normalized spacial score (nSPS) is 13.3. The molecule has 1 unspecified atom stereocenters. The first-order valence-electron chi connectivity index (χ1n) is 8.12. The molecule has 120 valence electrons. The highest BCUT2D eigenvalue weighted by Crippen LogP contribution is 2.25. The van der Waals surface area contributed by atoms with Gasteiger partial charge in [0.05, 0.1) is 6.04 Å². The fourth-order valence-electron chi connectivity index (χ4n) is 3.22. The van der Waals surface area contributed by atoms with E-state index < -0.39 is 0 Å². The van der Waals surface area contributed by atoms with Gasteiger partial charge in [-0.15, -0.1) is 0 Å². The zero-order valence-corrected chi connectivity index (χ0v) is 14.1. The monoisotopic (exact) mass is 300 g/mol. The average molecular weight is 300 g/mol. The predicted octanol–water partition coefficient (Wildman–Crippen LogP) is 3.66. The van der Waals surface area contributed by atoms with Gasteiger partial charge in [0.25, 0.3) is 0 Å². The Morgan fingerprint density at radius 1 is 0.955 bits per heavy atom. The van der Waals surface area contributed by atoms with Crippen LogP contribution in [0.15, 0.2) is 42.5 Å². The molecule has 0 bridgehead atoms. The minimum absolute atomic E-state index is 0.221. The van der Waals surface area contributed by atoms with Crippen molar-refractivity contribution in [3.8, 4) is 5.75 Å². The number of nitrogens with two attached hydrogens (primary N) is 1. The molecule has 0 fully saturated rings. The minimum Gasteiger partial charge on any atom is -0.491 e. The van der Waals surface area contributed by atoms with Crippen molar-refractivity contribution in [3.05, 3.63) is 42.5 Å². The summed E-state index contributed by atoms with van der Waals surface area (Å²) >= 11 is 0. The Hall–Kier alpha value is -1.58. The van der Waals surface area contributed by atoms with Gasteiger partial charge in [-0.05, 0) is 39.1 Å². The van der Waals surface area contributed by atoms with Gasteiger partial charge in [0.1, 0.15) is 12.4 Å². The van der Waals surface area contributed by atoms with Crippen molar-refractivity contribution in [1.29, 1.82) is 0 Å². The summed E-state index contributed by atoms with van der Waals surface area (Å²) in [7, 11) is 0. The van der Waals surface area contributed by atoms with Crippen LogP contribution in [0, 0.1) is 0 Å². The highest BCUT2D eigenvalue weighted by Gasteiger charge is 2.23. The number of rotatable bonds is 7. The number of hydrogen-bond donors (Lipinski definition) is 1. The van der Waals surface area contributed by atoms with Gasteiger partial charge in [-0.25, -0.2) is 0 Å². The van der Waals surface area contributed by atoms with E-state index in [4.69, 9.17) is 10.5 Å². The molecule has 0 aliphatic heterocycles. The van der Waals surface area contributed by atoms with Crippen LogP contribution in [0.4, 0.5) is 0 Å². The van der Waals surface area contributed by atoms with Gasteiger partial charge in [-0.3, -0.25) is 4.90 Å². The summed E-state index contributed by atoms with van der Waals surface area (Å²) in [5.41, 5.74) is 6.00. The lowest BCUT2D eigenvalue weighted by molar-refractivity contribution is 0.0803. The topological polar surface area (TPSA) is 38.5 Å². The van der Waals surface area contributed by atoms with Crippen molar-refractivity contribution in [2.75, 3.05) is 13.2 Å². The molecule has 0 saturated heterocycles. The molecule has 0 aliphatic carbocycles. The molecule has 2 rings (SSSR count). The molecule has 22 heavy (non-hydrogen) atoms. The van der Waals surface area contributed by atoms with Crippen LogP contribution in [0.3, 0.4) is 0 Å². The van der Waals surface area contributed by atoms with Crippen molar-refractivity contribution in [1.82, 2.24) is 4.90 Å². The molecule has 0 saturated carbocycles. The van der Waals surface area contributed by atoms with Gasteiger partial charge >= 0.3 is 0 Å². The summed E-state index contributed by atoms with van der Waals surface area (Å²) in [5.74, 6) is 0.934. The van der Waals surface area contributed by atoms with Crippen LogP contribution in [0.5, 0.6) is 5.75 Å². The third-order valence-electron chi connectivity index (χ3n) is 4.07. The molecule has 3 heteroatoms.